The summed E-state index contributed by atoms with van der Waals surface area (Å²) in [4.78, 5) is 17.3. The molecule has 0 bridgehead atoms. The van der Waals surface area contributed by atoms with Crippen molar-refractivity contribution in [3.8, 4) is 0 Å². The number of nitrogens with zero attached hydrogens (tertiary/aromatic N) is 3. The Bertz CT molecular complexity index is 478. The Morgan fingerprint density at radius 3 is 2.50 bits per heavy atom. The zero-order valence-corrected chi connectivity index (χ0v) is 10.4. The highest BCUT2D eigenvalue weighted by molar-refractivity contribution is 5.31. The van der Waals surface area contributed by atoms with Crippen molar-refractivity contribution in [3.05, 3.63) is 22.5 Å². The van der Waals surface area contributed by atoms with Crippen LogP contribution in [0.5, 0.6) is 0 Å². The van der Waals surface area contributed by atoms with Gasteiger partial charge in [-0.05, 0) is 19.3 Å². The summed E-state index contributed by atoms with van der Waals surface area (Å²) in [7, 11) is 0. The van der Waals surface area contributed by atoms with Crippen molar-refractivity contribution in [2.24, 2.45) is 5.92 Å². The molecule has 0 radical (unpaired) electrons. The van der Waals surface area contributed by atoms with Crippen LogP contribution in [0, 0.1) is 16.0 Å². The summed E-state index contributed by atoms with van der Waals surface area (Å²) in [6, 6.07) is -0.364. The lowest BCUT2D eigenvalue weighted by molar-refractivity contribution is -0.385. The lowest BCUT2D eigenvalue weighted by Crippen LogP contribution is -2.35. The Kier molecular flexibility index (Phi) is 4.05. The third kappa shape index (κ3) is 3.55. The van der Waals surface area contributed by atoms with Crippen molar-refractivity contribution in [1.29, 1.82) is 0 Å². The Morgan fingerprint density at radius 2 is 1.95 bits per heavy atom. The van der Waals surface area contributed by atoms with E-state index in [9.17, 15) is 23.3 Å². The molecule has 2 rings (SSSR count). The Balaban J connectivity index is 1.97. The highest BCUT2D eigenvalue weighted by Crippen LogP contribution is 2.38. The third-order valence-electron chi connectivity index (χ3n) is 3.32. The second kappa shape index (κ2) is 5.59. The molecule has 1 aromatic heterocycles. The van der Waals surface area contributed by atoms with E-state index in [0.29, 0.717) is 12.8 Å². The van der Waals surface area contributed by atoms with Crippen molar-refractivity contribution in [2.45, 2.75) is 37.9 Å². The first-order valence-electron chi connectivity index (χ1n) is 6.16. The van der Waals surface area contributed by atoms with Crippen LogP contribution in [0.2, 0.25) is 0 Å². The van der Waals surface area contributed by atoms with E-state index < -0.39 is 17.0 Å². The maximum atomic E-state index is 12.7. The number of aromatic nitrogens is 2. The van der Waals surface area contributed by atoms with Crippen LogP contribution < -0.4 is 5.32 Å². The average Bonchev–Trinajstić information content (AvgIpc) is 2.38. The fraction of sp³-hybridized carbons (Fsp3) is 0.636. The van der Waals surface area contributed by atoms with Crippen molar-refractivity contribution >= 4 is 11.6 Å². The Morgan fingerprint density at radius 1 is 1.30 bits per heavy atom. The molecule has 0 saturated heterocycles. The van der Waals surface area contributed by atoms with Crippen LogP contribution in [0.4, 0.5) is 24.8 Å². The SMILES string of the molecule is O=[N+]([O-])c1cnc(NC2CCCC(C(F)(F)F)C2)nc1. The zero-order valence-electron chi connectivity index (χ0n) is 10.4. The lowest BCUT2D eigenvalue weighted by atomic mass is 9.85. The largest absolute Gasteiger partial charge is 0.391 e. The molecular formula is C11H13F3N4O2. The van der Waals surface area contributed by atoms with E-state index in [2.05, 4.69) is 15.3 Å². The molecule has 110 valence electrons. The van der Waals surface area contributed by atoms with Crippen LogP contribution in [-0.2, 0) is 0 Å². The van der Waals surface area contributed by atoms with Gasteiger partial charge in [-0.15, -0.1) is 0 Å². The molecule has 9 heteroatoms. The summed E-state index contributed by atoms with van der Waals surface area (Å²) in [5, 5.41) is 13.2. The number of anilines is 1. The molecule has 0 aromatic carbocycles. The minimum atomic E-state index is -4.18. The molecule has 0 spiro atoms. The monoisotopic (exact) mass is 290 g/mol. The first-order valence-corrected chi connectivity index (χ1v) is 6.16. The van der Waals surface area contributed by atoms with Crippen LogP contribution in [0.3, 0.4) is 0 Å². The van der Waals surface area contributed by atoms with Gasteiger partial charge in [-0.2, -0.15) is 13.2 Å². The topological polar surface area (TPSA) is 81.0 Å². The van der Waals surface area contributed by atoms with Crippen molar-refractivity contribution in [1.82, 2.24) is 9.97 Å². The maximum absolute atomic E-state index is 12.7. The van der Waals surface area contributed by atoms with Gasteiger partial charge < -0.3 is 5.32 Å². The Labute approximate surface area is 112 Å². The normalized spacial score (nSPS) is 23.4. The number of hydrogen-bond acceptors (Lipinski definition) is 5. The van der Waals surface area contributed by atoms with Crippen LogP contribution in [0.15, 0.2) is 12.4 Å². The van der Waals surface area contributed by atoms with E-state index in [1.165, 1.54) is 0 Å². The molecule has 1 fully saturated rings. The summed E-state index contributed by atoms with van der Waals surface area (Å²) in [5.41, 5.74) is -0.257. The zero-order chi connectivity index (χ0) is 14.8. The molecule has 6 nitrogen and oxygen atoms in total. The first kappa shape index (κ1) is 14.5. The number of alkyl halides is 3. The molecule has 20 heavy (non-hydrogen) atoms. The predicted octanol–water partition coefficient (Wildman–Crippen LogP) is 2.92. The summed E-state index contributed by atoms with van der Waals surface area (Å²) >= 11 is 0. The quantitative estimate of drug-likeness (QED) is 0.683. The number of halogens is 3. The molecule has 0 aliphatic heterocycles. The Hall–Kier alpha value is -1.93. The standard InChI is InChI=1S/C11H13F3N4O2/c12-11(13,14)7-2-1-3-8(4-7)17-10-15-5-9(6-16-10)18(19)20/h5-8H,1-4H2,(H,15,16,17). The molecular weight excluding hydrogens is 277 g/mol. The second-order valence-corrected chi connectivity index (χ2v) is 4.77. The van der Waals surface area contributed by atoms with E-state index in [4.69, 9.17) is 0 Å². The van der Waals surface area contributed by atoms with E-state index in [1.807, 2.05) is 0 Å². The molecule has 2 atom stereocenters. The van der Waals surface area contributed by atoms with Gasteiger partial charge >= 0.3 is 11.9 Å². The number of nitrogens with one attached hydrogen (secondary N) is 1. The molecule has 1 aromatic rings. The molecule has 1 N–H and O–H groups in total. The van der Waals surface area contributed by atoms with E-state index in [0.717, 1.165) is 12.4 Å². The van der Waals surface area contributed by atoms with Gasteiger partial charge in [0, 0.05) is 6.04 Å². The number of hydrogen-bond donors (Lipinski definition) is 1. The van der Waals surface area contributed by atoms with Gasteiger partial charge in [0.2, 0.25) is 5.95 Å². The number of rotatable bonds is 3. The first-order chi connectivity index (χ1) is 9.36. The predicted molar refractivity (Wildman–Crippen MR) is 64.1 cm³/mol. The van der Waals surface area contributed by atoms with Gasteiger partial charge in [0.1, 0.15) is 12.4 Å². The molecule has 1 aliphatic rings. The van der Waals surface area contributed by atoms with Crippen LogP contribution in [0.25, 0.3) is 0 Å². The molecule has 2 unspecified atom stereocenters. The van der Waals surface area contributed by atoms with Gasteiger partial charge in [0.25, 0.3) is 0 Å². The molecule has 1 saturated carbocycles. The summed E-state index contributed by atoms with van der Waals surface area (Å²) < 4.78 is 38.0. The van der Waals surface area contributed by atoms with Crippen LogP contribution in [-0.4, -0.2) is 27.1 Å². The molecule has 1 heterocycles. The van der Waals surface area contributed by atoms with Gasteiger partial charge in [-0.1, -0.05) is 6.42 Å². The highest BCUT2D eigenvalue weighted by atomic mass is 19.4. The van der Waals surface area contributed by atoms with Crippen LogP contribution >= 0.6 is 0 Å². The minimum Gasteiger partial charge on any atom is -0.351 e. The minimum absolute atomic E-state index is 0.0240. The van der Waals surface area contributed by atoms with E-state index in [1.54, 1.807) is 0 Å². The van der Waals surface area contributed by atoms with Gasteiger partial charge in [0.15, 0.2) is 0 Å². The third-order valence-corrected chi connectivity index (χ3v) is 3.32. The second-order valence-electron chi connectivity index (χ2n) is 4.77. The molecule has 1 aliphatic carbocycles. The van der Waals surface area contributed by atoms with E-state index >= 15 is 0 Å². The smallest absolute Gasteiger partial charge is 0.351 e. The average molecular weight is 290 g/mol. The van der Waals surface area contributed by atoms with Gasteiger partial charge in [-0.25, -0.2) is 9.97 Å². The van der Waals surface area contributed by atoms with E-state index in [-0.39, 0.29) is 30.5 Å². The van der Waals surface area contributed by atoms with Gasteiger partial charge in [-0.3, -0.25) is 10.1 Å². The molecule has 0 amide bonds. The fourth-order valence-corrected chi connectivity index (χ4v) is 2.29. The summed E-state index contributed by atoms with van der Waals surface area (Å²) in [5.74, 6) is -1.20. The summed E-state index contributed by atoms with van der Waals surface area (Å²) in [6.07, 6.45) is -0.927. The van der Waals surface area contributed by atoms with Gasteiger partial charge in [0.05, 0.1) is 10.8 Å². The summed E-state index contributed by atoms with van der Waals surface area (Å²) in [6.45, 7) is 0. The maximum Gasteiger partial charge on any atom is 0.391 e. The van der Waals surface area contributed by atoms with Crippen LogP contribution in [0.1, 0.15) is 25.7 Å². The van der Waals surface area contributed by atoms with Crippen molar-refractivity contribution in [3.63, 3.8) is 0 Å². The van der Waals surface area contributed by atoms with Crippen molar-refractivity contribution in [2.75, 3.05) is 5.32 Å². The highest BCUT2D eigenvalue weighted by Gasteiger charge is 2.42. The lowest BCUT2D eigenvalue weighted by Gasteiger charge is -2.30. The van der Waals surface area contributed by atoms with Crippen molar-refractivity contribution < 1.29 is 18.1 Å². The fourth-order valence-electron chi connectivity index (χ4n) is 2.29. The number of nitro groups is 1.